The molecule has 0 fully saturated rings. The van der Waals surface area contributed by atoms with Crippen LogP contribution in [0.5, 0.6) is 0 Å². The zero-order valence-electron chi connectivity index (χ0n) is 11.2. The molecule has 1 N–H and O–H groups in total. The number of amides is 1. The summed E-state index contributed by atoms with van der Waals surface area (Å²) in [7, 11) is 0. The Bertz CT molecular complexity index is 603. The van der Waals surface area contributed by atoms with Crippen LogP contribution in [0.15, 0.2) is 24.3 Å². The van der Waals surface area contributed by atoms with Crippen molar-refractivity contribution in [2.24, 2.45) is 0 Å². The lowest BCUT2D eigenvalue weighted by Crippen LogP contribution is -2.30. The van der Waals surface area contributed by atoms with Gasteiger partial charge in [0, 0.05) is 17.1 Å². The lowest BCUT2D eigenvalue weighted by atomic mass is 10.0. The normalized spacial score (nSPS) is 10.9. The highest BCUT2D eigenvalue weighted by molar-refractivity contribution is 6.06. The third-order valence-corrected chi connectivity index (χ3v) is 2.76. The maximum Gasteiger partial charge on any atom is 0.252 e. The van der Waals surface area contributed by atoms with Crippen molar-refractivity contribution in [3.05, 3.63) is 41.1 Å². The van der Waals surface area contributed by atoms with E-state index >= 15 is 0 Å². The van der Waals surface area contributed by atoms with Crippen molar-refractivity contribution in [2.45, 2.75) is 33.7 Å². The molecule has 1 aromatic heterocycles. The van der Waals surface area contributed by atoms with Gasteiger partial charge in [-0.05, 0) is 45.9 Å². The number of pyridine rings is 1. The summed E-state index contributed by atoms with van der Waals surface area (Å²) in [6.45, 7) is 7.84. The molecular weight excluding hydrogens is 224 g/mol. The van der Waals surface area contributed by atoms with Crippen molar-refractivity contribution < 1.29 is 4.79 Å². The summed E-state index contributed by atoms with van der Waals surface area (Å²) in [4.78, 5) is 16.7. The number of hydrogen-bond donors (Lipinski definition) is 1. The molecule has 0 aliphatic rings. The standard InChI is InChI=1S/C15H18N2O/c1-9(2)16-15(18)13-8-11(4)17-14-6-5-10(3)7-12(13)14/h5-9H,1-4H3,(H,16,18). The maximum atomic E-state index is 12.2. The molecule has 0 saturated carbocycles. The van der Waals surface area contributed by atoms with E-state index in [1.165, 1.54) is 0 Å². The number of aryl methyl sites for hydroxylation is 2. The fourth-order valence-corrected chi connectivity index (χ4v) is 2.00. The fraction of sp³-hybridized carbons (Fsp3) is 0.333. The molecule has 0 spiro atoms. The first-order valence-corrected chi connectivity index (χ1v) is 6.16. The van der Waals surface area contributed by atoms with Crippen molar-refractivity contribution in [2.75, 3.05) is 0 Å². The van der Waals surface area contributed by atoms with Crippen LogP contribution >= 0.6 is 0 Å². The molecule has 0 unspecified atom stereocenters. The third kappa shape index (κ3) is 2.50. The molecule has 3 nitrogen and oxygen atoms in total. The molecule has 1 aromatic carbocycles. The molecular formula is C15H18N2O. The molecule has 1 amide bonds. The van der Waals surface area contributed by atoms with Gasteiger partial charge in [0.05, 0.1) is 11.1 Å². The Morgan fingerprint density at radius 2 is 1.94 bits per heavy atom. The lowest BCUT2D eigenvalue weighted by Gasteiger charge is -2.11. The number of aromatic nitrogens is 1. The summed E-state index contributed by atoms with van der Waals surface area (Å²) in [5.41, 5.74) is 3.57. The molecule has 0 saturated heterocycles. The maximum absolute atomic E-state index is 12.2. The molecule has 18 heavy (non-hydrogen) atoms. The van der Waals surface area contributed by atoms with E-state index in [0.717, 1.165) is 22.2 Å². The number of hydrogen-bond acceptors (Lipinski definition) is 2. The minimum absolute atomic E-state index is 0.0360. The largest absolute Gasteiger partial charge is 0.350 e. The topological polar surface area (TPSA) is 42.0 Å². The molecule has 2 rings (SSSR count). The SMILES string of the molecule is Cc1ccc2nc(C)cc(C(=O)NC(C)C)c2c1. The summed E-state index contributed by atoms with van der Waals surface area (Å²) in [5.74, 6) is -0.0360. The number of nitrogens with zero attached hydrogens (tertiary/aromatic N) is 1. The highest BCUT2D eigenvalue weighted by atomic mass is 16.1. The highest BCUT2D eigenvalue weighted by Crippen LogP contribution is 2.20. The van der Waals surface area contributed by atoms with Crippen molar-refractivity contribution in [3.8, 4) is 0 Å². The molecule has 0 bridgehead atoms. The molecule has 0 aliphatic heterocycles. The average molecular weight is 242 g/mol. The van der Waals surface area contributed by atoms with E-state index in [-0.39, 0.29) is 11.9 Å². The van der Waals surface area contributed by atoms with Gasteiger partial charge in [0.15, 0.2) is 0 Å². The van der Waals surface area contributed by atoms with E-state index in [1.807, 2.05) is 52.0 Å². The summed E-state index contributed by atoms with van der Waals surface area (Å²) in [5, 5.41) is 3.85. The number of carbonyl (C=O) groups excluding carboxylic acids is 1. The van der Waals surface area contributed by atoms with E-state index in [0.29, 0.717) is 5.56 Å². The van der Waals surface area contributed by atoms with E-state index in [2.05, 4.69) is 10.3 Å². The van der Waals surface area contributed by atoms with E-state index < -0.39 is 0 Å². The second-order valence-electron chi connectivity index (χ2n) is 4.96. The smallest absolute Gasteiger partial charge is 0.252 e. The first kappa shape index (κ1) is 12.6. The van der Waals surface area contributed by atoms with Crippen molar-refractivity contribution in [1.82, 2.24) is 10.3 Å². The number of rotatable bonds is 2. The Morgan fingerprint density at radius 3 is 2.61 bits per heavy atom. The van der Waals surface area contributed by atoms with E-state index in [4.69, 9.17) is 0 Å². The van der Waals surface area contributed by atoms with Crippen LogP contribution in [0.1, 0.15) is 35.5 Å². The lowest BCUT2D eigenvalue weighted by molar-refractivity contribution is 0.0944. The van der Waals surface area contributed by atoms with E-state index in [9.17, 15) is 4.79 Å². The fourth-order valence-electron chi connectivity index (χ4n) is 2.00. The molecule has 3 heteroatoms. The van der Waals surface area contributed by atoms with Gasteiger partial charge in [-0.15, -0.1) is 0 Å². The van der Waals surface area contributed by atoms with Gasteiger partial charge in [-0.1, -0.05) is 11.6 Å². The zero-order valence-corrected chi connectivity index (χ0v) is 11.2. The predicted molar refractivity (Wildman–Crippen MR) is 73.8 cm³/mol. The minimum Gasteiger partial charge on any atom is -0.350 e. The van der Waals surface area contributed by atoms with Gasteiger partial charge in [-0.25, -0.2) is 0 Å². The van der Waals surface area contributed by atoms with Gasteiger partial charge in [-0.3, -0.25) is 9.78 Å². The number of carbonyl (C=O) groups is 1. The average Bonchev–Trinajstić information content (AvgIpc) is 2.27. The Kier molecular flexibility index (Phi) is 3.32. The summed E-state index contributed by atoms with van der Waals surface area (Å²) in [6.07, 6.45) is 0. The first-order valence-electron chi connectivity index (χ1n) is 6.16. The van der Waals surface area contributed by atoms with Gasteiger partial charge in [0.1, 0.15) is 0 Å². The van der Waals surface area contributed by atoms with Crippen molar-refractivity contribution in [1.29, 1.82) is 0 Å². The van der Waals surface area contributed by atoms with Gasteiger partial charge in [-0.2, -0.15) is 0 Å². The Balaban J connectivity index is 2.61. The van der Waals surface area contributed by atoms with Crippen molar-refractivity contribution in [3.63, 3.8) is 0 Å². The van der Waals surface area contributed by atoms with Gasteiger partial charge in [0.25, 0.3) is 5.91 Å². The molecule has 0 aliphatic carbocycles. The van der Waals surface area contributed by atoms with Crippen LogP contribution in [0.4, 0.5) is 0 Å². The molecule has 2 aromatic rings. The summed E-state index contributed by atoms with van der Waals surface area (Å²) >= 11 is 0. The quantitative estimate of drug-likeness (QED) is 0.879. The monoisotopic (exact) mass is 242 g/mol. The van der Waals surface area contributed by atoms with Gasteiger partial charge >= 0.3 is 0 Å². The Labute approximate surface area is 107 Å². The van der Waals surface area contributed by atoms with Crippen LogP contribution < -0.4 is 5.32 Å². The third-order valence-electron chi connectivity index (χ3n) is 2.76. The summed E-state index contributed by atoms with van der Waals surface area (Å²) < 4.78 is 0. The first-order chi connectivity index (χ1) is 8.47. The van der Waals surface area contributed by atoms with Crippen LogP contribution in [-0.4, -0.2) is 16.9 Å². The second kappa shape index (κ2) is 4.77. The Hall–Kier alpha value is -1.90. The minimum atomic E-state index is -0.0360. The number of fused-ring (bicyclic) bond motifs is 1. The van der Waals surface area contributed by atoms with Crippen LogP contribution in [0.25, 0.3) is 10.9 Å². The molecule has 0 radical (unpaired) electrons. The summed E-state index contributed by atoms with van der Waals surface area (Å²) in [6, 6.07) is 7.96. The zero-order chi connectivity index (χ0) is 13.3. The van der Waals surface area contributed by atoms with Crippen LogP contribution in [0, 0.1) is 13.8 Å². The van der Waals surface area contributed by atoms with Gasteiger partial charge < -0.3 is 5.32 Å². The van der Waals surface area contributed by atoms with Gasteiger partial charge in [0.2, 0.25) is 0 Å². The molecule has 94 valence electrons. The number of benzene rings is 1. The van der Waals surface area contributed by atoms with Crippen LogP contribution in [0.3, 0.4) is 0 Å². The highest BCUT2D eigenvalue weighted by Gasteiger charge is 2.12. The molecule has 0 atom stereocenters. The molecule has 1 heterocycles. The van der Waals surface area contributed by atoms with Crippen LogP contribution in [0.2, 0.25) is 0 Å². The van der Waals surface area contributed by atoms with Crippen molar-refractivity contribution >= 4 is 16.8 Å². The van der Waals surface area contributed by atoms with Crippen LogP contribution in [-0.2, 0) is 0 Å². The van der Waals surface area contributed by atoms with E-state index in [1.54, 1.807) is 0 Å². The Morgan fingerprint density at radius 1 is 1.22 bits per heavy atom. The predicted octanol–water partition coefficient (Wildman–Crippen LogP) is 2.99. The second-order valence-corrected chi connectivity index (χ2v) is 4.96. The number of nitrogens with one attached hydrogen (secondary N) is 1.